The number of carbonyl (C=O) groups is 1. The number of rotatable bonds is 8. The minimum absolute atomic E-state index is 0.0662. The number of benzene rings is 2. The number of halogens is 1. The van der Waals surface area contributed by atoms with Gasteiger partial charge in [-0.3, -0.25) is 15.5 Å². The number of nitrogens with one attached hydrogen (secondary N) is 1. The van der Waals surface area contributed by atoms with Gasteiger partial charge in [-0.05, 0) is 36.4 Å². The van der Waals surface area contributed by atoms with E-state index in [1.54, 1.807) is 12.1 Å². The van der Waals surface area contributed by atoms with Crippen molar-refractivity contribution in [3.63, 3.8) is 0 Å². The number of aliphatic carboxylic acids is 1. The monoisotopic (exact) mass is 391 g/mol. The lowest BCUT2D eigenvalue weighted by Gasteiger charge is -2.08. The molecule has 0 aliphatic heterocycles. The molecule has 10 heteroatoms. The Kier molecular flexibility index (Phi) is 6.73. The number of carboxylic acid groups (broad SMARTS) is 1. The van der Waals surface area contributed by atoms with Gasteiger partial charge in [-0.2, -0.15) is 5.10 Å². The predicted octanol–water partition coefficient (Wildman–Crippen LogP) is 3.62. The summed E-state index contributed by atoms with van der Waals surface area (Å²) < 4.78 is 10.3. The highest BCUT2D eigenvalue weighted by Gasteiger charge is 2.15. The fourth-order valence-corrected chi connectivity index (χ4v) is 2.00. The van der Waals surface area contributed by atoms with Gasteiger partial charge in [0.05, 0.1) is 23.9 Å². The summed E-state index contributed by atoms with van der Waals surface area (Å²) in [5.74, 6) is -1.06. The summed E-state index contributed by atoms with van der Waals surface area (Å²) in [6, 6.07) is 11.7. The summed E-state index contributed by atoms with van der Waals surface area (Å²) in [5, 5.41) is 23.4. The Morgan fingerprint density at radius 1 is 1.19 bits per heavy atom. The largest absolute Gasteiger partial charge is 0.497 e. The van der Waals surface area contributed by atoms with E-state index < -0.39 is 16.7 Å². The van der Waals surface area contributed by atoms with Gasteiger partial charge in [-0.1, -0.05) is 11.6 Å². The Morgan fingerprint density at radius 2 is 1.78 bits per heavy atom. The molecule has 140 valence electrons. The molecule has 2 rings (SSSR count). The molecule has 27 heavy (non-hydrogen) atoms. The Labute approximate surface area is 158 Å². The Hall–Kier alpha value is -3.59. The number of allylic oxidation sites excluding steroid dienone is 1. The van der Waals surface area contributed by atoms with Crippen molar-refractivity contribution in [3.8, 4) is 11.5 Å². The number of anilines is 1. The molecule has 0 fully saturated rings. The average Bonchev–Trinajstić information content (AvgIpc) is 2.66. The first-order valence-electron chi connectivity index (χ1n) is 7.39. The Morgan fingerprint density at radius 3 is 2.30 bits per heavy atom. The van der Waals surface area contributed by atoms with E-state index in [9.17, 15) is 20.0 Å². The van der Waals surface area contributed by atoms with Crippen molar-refractivity contribution in [2.24, 2.45) is 5.10 Å². The summed E-state index contributed by atoms with van der Waals surface area (Å²) in [4.78, 5) is 21.4. The quantitative estimate of drug-likeness (QED) is 0.231. The highest BCUT2D eigenvalue weighted by molar-refractivity contribution is 6.41. The van der Waals surface area contributed by atoms with E-state index >= 15 is 0 Å². The second kappa shape index (κ2) is 9.20. The first kappa shape index (κ1) is 19.7. The lowest BCUT2D eigenvalue weighted by atomic mass is 10.3. The van der Waals surface area contributed by atoms with Crippen LogP contribution in [-0.2, 0) is 4.79 Å². The van der Waals surface area contributed by atoms with Crippen molar-refractivity contribution < 1.29 is 24.3 Å². The predicted molar refractivity (Wildman–Crippen MR) is 99.3 cm³/mol. The molecule has 0 saturated carbocycles. The van der Waals surface area contributed by atoms with Crippen LogP contribution in [0.3, 0.4) is 0 Å². The van der Waals surface area contributed by atoms with Gasteiger partial charge >= 0.3 is 5.97 Å². The average molecular weight is 392 g/mol. The zero-order valence-corrected chi connectivity index (χ0v) is 14.7. The van der Waals surface area contributed by atoms with E-state index in [0.717, 1.165) is 6.21 Å². The molecule has 0 aliphatic carbocycles. The zero-order valence-electron chi connectivity index (χ0n) is 14.0. The van der Waals surface area contributed by atoms with Crippen molar-refractivity contribution in [3.05, 3.63) is 69.4 Å². The van der Waals surface area contributed by atoms with Crippen molar-refractivity contribution >= 4 is 35.2 Å². The number of carboxylic acids is 1. The maximum absolute atomic E-state index is 11.4. The zero-order chi connectivity index (χ0) is 19.8. The summed E-state index contributed by atoms with van der Waals surface area (Å²) in [7, 11) is 1.50. The number of hydrogen-bond acceptors (Lipinski definition) is 7. The smallest absolute Gasteiger partial charge is 0.373 e. The topological polar surface area (TPSA) is 123 Å². The number of nitro groups is 1. The molecule has 2 N–H and O–H groups in total. The SMILES string of the molecule is COc1ccc(O/C(C(=O)O)=C(\Cl)C=NNc2ccc([N+](=O)[O-])cc2)cc1. The van der Waals surface area contributed by atoms with E-state index in [4.69, 9.17) is 21.1 Å². The van der Waals surface area contributed by atoms with Crippen LogP contribution in [-0.4, -0.2) is 29.3 Å². The van der Waals surface area contributed by atoms with E-state index in [1.165, 1.54) is 43.5 Å². The molecule has 0 aliphatic rings. The molecule has 0 bridgehead atoms. The van der Waals surface area contributed by atoms with Gasteiger partial charge in [0.25, 0.3) is 5.69 Å². The normalized spacial score (nSPS) is 11.6. The van der Waals surface area contributed by atoms with Gasteiger partial charge in [0, 0.05) is 12.1 Å². The third-order valence-electron chi connectivity index (χ3n) is 3.14. The number of non-ortho nitro benzene ring substituents is 1. The molecule has 0 spiro atoms. The summed E-state index contributed by atoms with van der Waals surface area (Å²) in [6.07, 6.45) is 1.05. The molecule has 0 amide bonds. The number of nitro benzene ring substituents is 1. The van der Waals surface area contributed by atoms with Crippen LogP contribution in [0.2, 0.25) is 0 Å². The van der Waals surface area contributed by atoms with Crippen LogP contribution in [0.5, 0.6) is 11.5 Å². The summed E-state index contributed by atoms with van der Waals surface area (Å²) in [5.41, 5.74) is 2.96. The van der Waals surface area contributed by atoms with Gasteiger partial charge in [-0.25, -0.2) is 4.79 Å². The summed E-state index contributed by atoms with van der Waals surface area (Å²) in [6.45, 7) is 0. The maximum Gasteiger partial charge on any atom is 0.373 e. The first-order valence-corrected chi connectivity index (χ1v) is 7.77. The minimum atomic E-state index is -1.38. The Balaban J connectivity index is 2.09. The second-order valence-electron chi connectivity index (χ2n) is 4.93. The second-order valence-corrected chi connectivity index (χ2v) is 5.34. The van der Waals surface area contributed by atoms with Crippen molar-refractivity contribution in [2.45, 2.75) is 0 Å². The molecular weight excluding hydrogens is 378 g/mol. The van der Waals surface area contributed by atoms with E-state index in [0.29, 0.717) is 11.4 Å². The lowest BCUT2D eigenvalue weighted by molar-refractivity contribution is -0.384. The molecule has 0 unspecified atom stereocenters. The van der Waals surface area contributed by atoms with Crippen molar-refractivity contribution in [1.82, 2.24) is 0 Å². The number of hydrogen-bond donors (Lipinski definition) is 2. The van der Waals surface area contributed by atoms with Gasteiger partial charge in [0.15, 0.2) is 0 Å². The number of ether oxygens (including phenoxy) is 2. The maximum atomic E-state index is 11.4. The summed E-state index contributed by atoms with van der Waals surface area (Å²) >= 11 is 5.95. The van der Waals surface area contributed by atoms with Crippen LogP contribution < -0.4 is 14.9 Å². The van der Waals surface area contributed by atoms with Gasteiger partial charge < -0.3 is 14.6 Å². The lowest BCUT2D eigenvalue weighted by Crippen LogP contribution is -2.10. The third-order valence-corrected chi connectivity index (χ3v) is 3.41. The fourth-order valence-electron chi connectivity index (χ4n) is 1.84. The van der Waals surface area contributed by atoms with E-state index in [1.807, 2.05) is 0 Å². The fraction of sp³-hybridized carbons (Fsp3) is 0.0588. The van der Waals surface area contributed by atoms with Gasteiger partial charge in [0.2, 0.25) is 5.76 Å². The molecule has 9 nitrogen and oxygen atoms in total. The molecule has 2 aromatic rings. The highest BCUT2D eigenvalue weighted by Crippen LogP contribution is 2.21. The molecule has 0 radical (unpaired) electrons. The number of hydrazone groups is 1. The highest BCUT2D eigenvalue weighted by atomic mass is 35.5. The van der Waals surface area contributed by atoms with Gasteiger partial charge in [0.1, 0.15) is 16.5 Å². The van der Waals surface area contributed by atoms with Crippen LogP contribution in [0.25, 0.3) is 0 Å². The standard InChI is InChI=1S/C17H14ClN3O6/c1-26-13-6-8-14(9-7-13)27-16(17(22)23)15(18)10-19-20-11-2-4-12(5-3-11)21(24)25/h2-10,20H,1H3,(H,22,23)/b16-15-,19-10?. The van der Waals surface area contributed by atoms with Gasteiger partial charge in [-0.15, -0.1) is 0 Å². The number of nitrogens with zero attached hydrogens (tertiary/aromatic N) is 2. The van der Waals surface area contributed by atoms with Crippen LogP contribution in [0.1, 0.15) is 0 Å². The molecule has 2 aromatic carbocycles. The van der Waals surface area contributed by atoms with Crippen LogP contribution in [0.15, 0.2) is 64.4 Å². The van der Waals surface area contributed by atoms with Crippen molar-refractivity contribution in [1.29, 1.82) is 0 Å². The first-order chi connectivity index (χ1) is 12.9. The molecule has 0 aromatic heterocycles. The van der Waals surface area contributed by atoms with E-state index in [2.05, 4.69) is 10.5 Å². The Bertz CT molecular complexity index is 879. The van der Waals surface area contributed by atoms with Crippen LogP contribution in [0.4, 0.5) is 11.4 Å². The molecule has 0 saturated heterocycles. The third kappa shape index (κ3) is 5.72. The van der Waals surface area contributed by atoms with Crippen LogP contribution in [0, 0.1) is 10.1 Å². The molecule has 0 atom stereocenters. The molecule has 0 heterocycles. The number of methoxy groups -OCH3 is 1. The molecular formula is C17H14ClN3O6. The van der Waals surface area contributed by atoms with E-state index in [-0.39, 0.29) is 16.5 Å². The minimum Gasteiger partial charge on any atom is -0.497 e. The van der Waals surface area contributed by atoms with Crippen LogP contribution >= 0.6 is 11.6 Å². The van der Waals surface area contributed by atoms with Crippen molar-refractivity contribution in [2.75, 3.05) is 12.5 Å².